The van der Waals surface area contributed by atoms with Crippen LogP contribution in [0.2, 0.25) is 5.02 Å². The number of fused-ring (bicyclic) bond motifs is 1. The van der Waals surface area contributed by atoms with E-state index in [-0.39, 0.29) is 16.9 Å². The lowest BCUT2D eigenvalue weighted by Crippen LogP contribution is -2.50. The fourth-order valence-electron chi connectivity index (χ4n) is 5.25. The van der Waals surface area contributed by atoms with E-state index in [1.165, 1.54) is 5.57 Å². The zero-order chi connectivity index (χ0) is 18.4. The molecule has 3 rings (SSSR count). The van der Waals surface area contributed by atoms with Crippen LogP contribution in [0.5, 0.6) is 11.5 Å². The Morgan fingerprint density at radius 3 is 2.60 bits per heavy atom. The lowest BCUT2D eigenvalue weighted by Gasteiger charge is -2.52. The highest BCUT2D eigenvalue weighted by molar-refractivity contribution is 6.32. The molecule has 0 spiro atoms. The van der Waals surface area contributed by atoms with Gasteiger partial charge >= 0.3 is 0 Å². The highest BCUT2D eigenvalue weighted by Crippen LogP contribution is 2.62. The van der Waals surface area contributed by atoms with Crippen LogP contribution in [0.1, 0.15) is 45.1 Å². The smallest absolute Gasteiger partial charge is 0.141 e. The Bertz CT molecular complexity index is 686. The van der Waals surface area contributed by atoms with Gasteiger partial charge in [-0.3, -0.25) is 0 Å². The van der Waals surface area contributed by atoms with Crippen molar-refractivity contribution in [3.63, 3.8) is 0 Å². The standard InChI is InChI=1S/C21H29ClO3/c1-13-6-7-17-20(13,2)9-8-18(23)21(17,3)12-14-10-15(24-4)11-16(25-5)19(14)22/h10-11,17-18,23H,1,6-9,12H2,2-5H3. The third-order valence-electron chi connectivity index (χ3n) is 6.92. The van der Waals surface area contributed by atoms with Crippen molar-refractivity contribution < 1.29 is 14.6 Å². The molecule has 25 heavy (non-hydrogen) atoms. The fraction of sp³-hybridized carbons (Fsp3) is 0.619. The minimum absolute atomic E-state index is 0.114. The number of aliphatic hydroxyl groups excluding tert-OH is 1. The Kier molecular flexibility index (Phi) is 4.85. The van der Waals surface area contributed by atoms with Crippen LogP contribution in [0.25, 0.3) is 0 Å². The van der Waals surface area contributed by atoms with Gasteiger partial charge in [-0.1, -0.05) is 37.6 Å². The maximum atomic E-state index is 10.9. The van der Waals surface area contributed by atoms with Gasteiger partial charge in [-0.15, -0.1) is 0 Å². The third-order valence-corrected chi connectivity index (χ3v) is 7.35. The first kappa shape index (κ1) is 18.6. The Hall–Kier alpha value is -1.19. The Morgan fingerprint density at radius 1 is 1.24 bits per heavy atom. The predicted octanol–water partition coefficient (Wildman–Crippen LogP) is 5.03. The molecule has 0 aliphatic heterocycles. The van der Waals surface area contributed by atoms with Crippen LogP contribution >= 0.6 is 11.6 Å². The molecule has 1 N–H and O–H groups in total. The van der Waals surface area contributed by atoms with Crippen LogP contribution < -0.4 is 9.47 Å². The predicted molar refractivity (Wildman–Crippen MR) is 102 cm³/mol. The van der Waals surface area contributed by atoms with Crippen molar-refractivity contribution in [3.8, 4) is 11.5 Å². The van der Waals surface area contributed by atoms with E-state index in [9.17, 15) is 5.11 Å². The Labute approximate surface area is 156 Å². The zero-order valence-electron chi connectivity index (χ0n) is 15.7. The first-order valence-corrected chi connectivity index (χ1v) is 9.40. The summed E-state index contributed by atoms with van der Waals surface area (Å²) in [5.74, 6) is 1.75. The molecule has 3 nitrogen and oxygen atoms in total. The van der Waals surface area contributed by atoms with Gasteiger partial charge in [0.05, 0.1) is 25.3 Å². The van der Waals surface area contributed by atoms with Crippen LogP contribution in [0.4, 0.5) is 0 Å². The average Bonchev–Trinajstić information content (AvgIpc) is 2.90. The second-order valence-corrected chi connectivity index (χ2v) is 8.53. The van der Waals surface area contributed by atoms with Gasteiger partial charge in [0.2, 0.25) is 0 Å². The van der Waals surface area contributed by atoms with Crippen molar-refractivity contribution in [1.29, 1.82) is 0 Å². The Balaban J connectivity index is 2.02. The van der Waals surface area contributed by atoms with Crippen LogP contribution in [-0.2, 0) is 6.42 Å². The van der Waals surface area contributed by atoms with Gasteiger partial charge < -0.3 is 14.6 Å². The summed E-state index contributed by atoms with van der Waals surface area (Å²) >= 11 is 6.59. The van der Waals surface area contributed by atoms with Crippen molar-refractivity contribution in [2.24, 2.45) is 16.7 Å². The number of hydrogen-bond acceptors (Lipinski definition) is 3. The molecule has 2 saturated carbocycles. The molecule has 0 aromatic heterocycles. The molecule has 4 atom stereocenters. The van der Waals surface area contributed by atoms with Crippen molar-refractivity contribution in [2.75, 3.05) is 14.2 Å². The van der Waals surface area contributed by atoms with Gasteiger partial charge in [0.25, 0.3) is 0 Å². The molecule has 4 heteroatoms. The van der Waals surface area contributed by atoms with Gasteiger partial charge in [-0.2, -0.15) is 0 Å². The van der Waals surface area contributed by atoms with E-state index in [1.54, 1.807) is 20.3 Å². The van der Waals surface area contributed by atoms with Crippen molar-refractivity contribution in [2.45, 2.75) is 52.1 Å². The highest BCUT2D eigenvalue weighted by atomic mass is 35.5. The molecule has 4 unspecified atom stereocenters. The van der Waals surface area contributed by atoms with Crippen LogP contribution in [0, 0.1) is 16.7 Å². The molecule has 0 amide bonds. The number of benzene rings is 1. The van der Waals surface area contributed by atoms with Gasteiger partial charge in [0.1, 0.15) is 11.5 Å². The molecule has 0 saturated heterocycles. The summed E-state index contributed by atoms with van der Waals surface area (Å²) in [7, 11) is 3.25. The largest absolute Gasteiger partial charge is 0.497 e. The highest BCUT2D eigenvalue weighted by Gasteiger charge is 2.56. The fourth-order valence-corrected chi connectivity index (χ4v) is 5.50. The van der Waals surface area contributed by atoms with Gasteiger partial charge in [0, 0.05) is 11.5 Å². The molecule has 0 radical (unpaired) electrons. The molecule has 1 aromatic carbocycles. The molecule has 2 aliphatic carbocycles. The van der Waals surface area contributed by atoms with E-state index in [2.05, 4.69) is 20.4 Å². The SMILES string of the molecule is C=C1CCC2C1(C)CCC(O)C2(C)Cc1cc(OC)cc(OC)c1Cl. The molecule has 138 valence electrons. The number of hydrogen-bond donors (Lipinski definition) is 1. The molecule has 2 aliphatic rings. The maximum Gasteiger partial charge on any atom is 0.141 e. The lowest BCUT2D eigenvalue weighted by atomic mass is 9.53. The van der Waals surface area contributed by atoms with Crippen LogP contribution in [0.15, 0.2) is 24.3 Å². The molecular weight excluding hydrogens is 336 g/mol. The minimum Gasteiger partial charge on any atom is -0.497 e. The lowest BCUT2D eigenvalue weighted by molar-refractivity contribution is -0.0823. The zero-order valence-corrected chi connectivity index (χ0v) is 16.4. The van der Waals surface area contributed by atoms with Gasteiger partial charge in [-0.25, -0.2) is 0 Å². The quantitative estimate of drug-likeness (QED) is 0.761. The first-order chi connectivity index (χ1) is 11.8. The van der Waals surface area contributed by atoms with Gasteiger partial charge in [0.15, 0.2) is 0 Å². The normalized spacial score (nSPS) is 34.7. The average molecular weight is 365 g/mol. The van der Waals surface area contributed by atoms with E-state index < -0.39 is 0 Å². The molecule has 0 heterocycles. The molecular formula is C21H29ClO3. The van der Waals surface area contributed by atoms with E-state index in [0.29, 0.717) is 23.1 Å². The summed E-state index contributed by atoms with van der Waals surface area (Å²) in [6.07, 6.45) is 4.32. The van der Waals surface area contributed by atoms with Gasteiger partial charge in [-0.05, 0) is 55.1 Å². The minimum atomic E-state index is -0.343. The van der Waals surface area contributed by atoms with Crippen LogP contribution in [-0.4, -0.2) is 25.4 Å². The summed E-state index contributed by atoms with van der Waals surface area (Å²) in [6, 6.07) is 3.77. The summed E-state index contributed by atoms with van der Waals surface area (Å²) in [5.41, 5.74) is 2.18. The summed E-state index contributed by atoms with van der Waals surface area (Å²) in [6.45, 7) is 8.87. The number of methoxy groups -OCH3 is 2. The number of halogens is 1. The molecule has 0 bridgehead atoms. The maximum absolute atomic E-state index is 10.9. The van der Waals surface area contributed by atoms with E-state index in [0.717, 1.165) is 37.0 Å². The van der Waals surface area contributed by atoms with E-state index in [1.807, 2.05) is 6.07 Å². The topological polar surface area (TPSA) is 38.7 Å². The van der Waals surface area contributed by atoms with E-state index in [4.69, 9.17) is 21.1 Å². The Morgan fingerprint density at radius 2 is 1.96 bits per heavy atom. The first-order valence-electron chi connectivity index (χ1n) is 9.03. The monoisotopic (exact) mass is 364 g/mol. The van der Waals surface area contributed by atoms with Crippen molar-refractivity contribution in [1.82, 2.24) is 0 Å². The second kappa shape index (κ2) is 6.51. The third kappa shape index (κ3) is 2.86. The summed E-state index contributed by atoms with van der Waals surface area (Å²) < 4.78 is 10.8. The van der Waals surface area contributed by atoms with Crippen molar-refractivity contribution >= 4 is 11.6 Å². The number of rotatable bonds is 4. The number of ether oxygens (including phenoxy) is 2. The van der Waals surface area contributed by atoms with E-state index >= 15 is 0 Å². The number of aliphatic hydroxyl groups is 1. The van der Waals surface area contributed by atoms with Crippen molar-refractivity contribution in [3.05, 3.63) is 34.9 Å². The summed E-state index contributed by atoms with van der Waals surface area (Å²) in [4.78, 5) is 0. The number of allylic oxidation sites excluding steroid dienone is 1. The van der Waals surface area contributed by atoms with Crippen LogP contribution in [0.3, 0.4) is 0 Å². The second-order valence-electron chi connectivity index (χ2n) is 8.15. The molecule has 1 aromatic rings. The molecule has 2 fully saturated rings. The summed E-state index contributed by atoms with van der Waals surface area (Å²) in [5, 5.41) is 11.6.